The monoisotopic (exact) mass is 359 g/mol. The summed E-state index contributed by atoms with van der Waals surface area (Å²) in [5.74, 6) is 11.3. The fraction of sp³-hybridized carbons (Fsp3) is 0.696. The average Bonchev–Trinajstić information content (AvgIpc) is 2.62. The van der Waals surface area contributed by atoms with E-state index >= 15 is 0 Å². The molecule has 0 aliphatic rings. The zero-order chi connectivity index (χ0) is 19.5. The summed E-state index contributed by atoms with van der Waals surface area (Å²) in [6.07, 6.45) is 13.4. The van der Waals surface area contributed by atoms with Crippen molar-refractivity contribution in [3.05, 3.63) is 12.7 Å². The number of carbonyl (C=O) groups is 1. The van der Waals surface area contributed by atoms with Crippen molar-refractivity contribution in [3.8, 4) is 23.7 Å². The van der Waals surface area contributed by atoms with E-state index in [0.29, 0.717) is 0 Å². The molecule has 0 saturated carbocycles. The number of rotatable bonds is 14. The van der Waals surface area contributed by atoms with Crippen molar-refractivity contribution in [2.24, 2.45) is 0 Å². The van der Waals surface area contributed by atoms with E-state index in [4.69, 9.17) is 4.74 Å². The van der Waals surface area contributed by atoms with Crippen molar-refractivity contribution in [2.75, 3.05) is 6.54 Å². The SMILES string of the molecule is C=C[C@@H](C#CC#C[C@@H](CCCCCCCCC)NCCCC)OC(C)=O. The van der Waals surface area contributed by atoms with Crippen LogP contribution in [0.4, 0.5) is 0 Å². The molecular formula is C23H37NO2. The largest absolute Gasteiger partial charge is 0.445 e. The van der Waals surface area contributed by atoms with Gasteiger partial charge in [-0.2, -0.15) is 0 Å². The number of unbranched alkanes of at least 4 members (excludes halogenated alkanes) is 7. The number of hydrogen-bond acceptors (Lipinski definition) is 3. The molecule has 0 bridgehead atoms. The summed E-state index contributed by atoms with van der Waals surface area (Å²) in [7, 11) is 0. The highest BCUT2D eigenvalue weighted by atomic mass is 16.5. The molecule has 0 aliphatic heterocycles. The molecule has 2 atom stereocenters. The molecule has 0 aromatic rings. The van der Waals surface area contributed by atoms with Gasteiger partial charge in [0.2, 0.25) is 0 Å². The molecule has 0 saturated heterocycles. The van der Waals surface area contributed by atoms with Crippen molar-refractivity contribution in [3.63, 3.8) is 0 Å². The van der Waals surface area contributed by atoms with Crippen molar-refractivity contribution >= 4 is 5.97 Å². The zero-order valence-electron chi connectivity index (χ0n) is 17.0. The minimum absolute atomic E-state index is 0.183. The molecule has 3 nitrogen and oxygen atoms in total. The summed E-state index contributed by atoms with van der Waals surface area (Å²) >= 11 is 0. The first-order valence-electron chi connectivity index (χ1n) is 10.2. The van der Waals surface area contributed by atoms with Crippen LogP contribution >= 0.6 is 0 Å². The average molecular weight is 360 g/mol. The van der Waals surface area contributed by atoms with Gasteiger partial charge in [-0.25, -0.2) is 0 Å². The molecule has 0 rings (SSSR count). The lowest BCUT2D eigenvalue weighted by Crippen LogP contribution is -2.28. The van der Waals surface area contributed by atoms with Gasteiger partial charge < -0.3 is 10.1 Å². The lowest BCUT2D eigenvalue weighted by Gasteiger charge is -2.12. The van der Waals surface area contributed by atoms with Crippen molar-refractivity contribution in [2.45, 2.75) is 97.1 Å². The number of hydrogen-bond donors (Lipinski definition) is 1. The maximum atomic E-state index is 10.9. The smallest absolute Gasteiger partial charge is 0.304 e. The minimum Gasteiger partial charge on any atom is -0.445 e. The van der Waals surface area contributed by atoms with Crippen LogP contribution in [-0.4, -0.2) is 24.7 Å². The van der Waals surface area contributed by atoms with Crippen LogP contribution in [0.3, 0.4) is 0 Å². The Morgan fingerprint density at radius 3 is 2.23 bits per heavy atom. The number of esters is 1. The van der Waals surface area contributed by atoms with Gasteiger partial charge in [0.1, 0.15) is 0 Å². The van der Waals surface area contributed by atoms with Gasteiger partial charge in [0.05, 0.1) is 6.04 Å². The van der Waals surface area contributed by atoms with Gasteiger partial charge in [0, 0.05) is 6.92 Å². The second-order valence-electron chi connectivity index (χ2n) is 6.57. The van der Waals surface area contributed by atoms with E-state index in [0.717, 1.165) is 19.4 Å². The van der Waals surface area contributed by atoms with E-state index in [1.54, 1.807) is 0 Å². The molecule has 0 aromatic heterocycles. The Balaban J connectivity index is 4.37. The first kappa shape index (κ1) is 24.3. The molecule has 0 amide bonds. The van der Waals surface area contributed by atoms with E-state index in [1.165, 1.54) is 64.4 Å². The molecule has 26 heavy (non-hydrogen) atoms. The fourth-order valence-electron chi connectivity index (χ4n) is 2.53. The Kier molecular flexibility index (Phi) is 16.9. The molecule has 0 spiro atoms. The summed E-state index contributed by atoms with van der Waals surface area (Å²) in [5, 5.41) is 3.52. The third-order valence-corrected chi connectivity index (χ3v) is 4.05. The summed E-state index contributed by atoms with van der Waals surface area (Å²) in [6, 6.07) is 0.183. The molecule has 0 aliphatic carbocycles. The van der Waals surface area contributed by atoms with Crippen LogP contribution in [0.25, 0.3) is 0 Å². The Hall–Kier alpha value is -1.71. The van der Waals surface area contributed by atoms with E-state index in [2.05, 4.69) is 49.4 Å². The van der Waals surface area contributed by atoms with Gasteiger partial charge in [-0.1, -0.05) is 77.7 Å². The topological polar surface area (TPSA) is 38.3 Å². The molecule has 146 valence electrons. The predicted octanol–water partition coefficient (Wildman–Crippen LogP) is 5.01. The lowest BCUT2D eigenvalue weighted by atomic mass is 10.0. The van der Waals surface area contributed by atoms with Gasteiger partial charge in [-0.3, -0.25) is 4.79 Å². The number of carbonyl (C=O) groups excluding carboxylic acids is 1. The van der Waals surface area contributed by atoms with E-state index in [1.807, 2.05) is 0 Å². The fourth-order valence-corrected chi connectivity index (χ4v) is 2.53. The normalized spacial score (nSPS) is 12.1. The van der Waals surface area contributed by atoms with Crippen molar-refractivity contribution in [1.82, 2.24) is 5.32 Å². The van der Waals surface area contributed by atoms with Crippen LogP contribution in [0.15, 0.2) is 12.7 Å². The highest BCUT2D eigenvalue weighted by Gasteiger charge is 2.04. The third-order valence-electron chi connectivity index (χ3n) is 4.05. The Morgan fingerprint density at radius 1 is 1.00 bits per heavy atom. The van der Waals surface area contributed by atoms with Crippen LogP contribution in [-0.2, 0) is 9.53 Å². The van der Waals surface area contributed by atoms with Gasteiger partial charge in [0.25, 0.3) is 0 Å². The quantitative estimate of drug-likeness (QED) is 0.205. The molecule has 1 N–H and O–H groups in total. The van der Waals surface area contributed by atoms with Crippen LogP contribution in [0.5, 0.6) is 0 Å². The summed E-state index contributed by atoms with van der Waals surface area (Å²) in [6.45, 7) is 10.4. The molecule has 0 heterocycles. The molecule has 0 aromatic carbocycles. The van der Waals surface area contributed by atoms with Gasteiger partial charge in [-0.15, -0.1) is 0 Å². The number of ether oxygens (including phenoxy) is 1. The van der Waals surface area contributed by atoms with E-state index < -0.39 is 6.10 Å². The predicted molar refractivity (Wildman–Crippen MR) is 111 cm³/mol. The standard InChI is InChI=1S/C23H37NO2/c1-5-8-10-11-12-13-14-17-22(24-20-9-6-2)18-15-16-19-23(7-3)26-21(4)25/h7,22-24H,3,5-6,8-14,17,20H2,1-2,4H3/t22-,23+/m1/s1. The third kappa shape index (κ3) is 15.8. The van der Waals surface area contributed by atoms with Crippen LogP contribution < -0.4 is 5.32 Å². The Morgan fingerprint density at radius 2 is 1.62 bits per heavy atom. The van der Waals surface area contributed by atoms with E-state index in [9.17, 15) is 4.79 Å². The van der Waals surface area contributed by atoms with E-state index in [-0.39, 0.29) is 12.0 Å². The molecule has 0 radical (unpaired) electrons. The summed E-state index contributed by atoms with van der Waals surface area (Å²) in [5.41, 5.74) is 0. The molecule has 0 unspecified atom stereocenters. The zero-order valence-corrected chi connectivity index (χ0v) is 17.0. The van der Waals surface area contributed by atoms with Crippen molar-refractivity contribution < 1.29 is 9.53 Å². The maximum absolute atomic E-state index is 10.9. The lowest BCUT2D eigenvalue weighted by molar-refractivity contribution is -0.142. The first-order valence-corrected chi connectivity index (χ1v) is 10.2. The highest BCUT2D eigenvalue weighted by molar-refractivity contribution is 5.66. The molecule has 0 fully saturated rings. The van der Waals surface area contributed by atoms with Gasteiger partial charge in [0.15, 0.2) is 6.10 Å². The second kappa shape index (κ2) is 18.1. The summed E-state index contributed by atoms with van der Waals surface area (Å²) < 4.78 is 4.99. The first-order chi connectivity index (χ1) is 12.6. The van der Waals surface area contributed by atoms with Gasteiger partial charge in [-0.05, 0) is 43.2 Å². The van der Waals surface area contributed by atoms with Crippen LogP contribution in [0.1, 0.15) is 85.0 Å². The molecular weight excluding hydrogens is 322 g/mol. The minimum atomic E-state index is -0.587. The van der Waals surface area contributed by atoms with Gasteiger partial charge >= 0.3 is 5.97 Å². The Bertz CT molecular complexity index is 490. The second-order valence-corrected chi connectivity index (χ2v) is 6.57. The van der Waals surface area contributed by atoms with Crippen LogP contribution in [0.2, 0.25) is 0 Å². The highest BCUT2D eigenvalue weighted by Crippen LogP contribution is 2.09. The summed E-state index contributed by atoms with van der Waals surface area (Å²) in [4.78, 5) is 10.9. The molecule has 3 heteroatoms. The van der Waals surface area contributed by atoms with Crippen molar-refractivity contribution in [1.29, 1.82) is 0 Å². The van der Waals surface area contributed by atoms with Crippen LogP contribution in [0, 0.1) is 23.7 Å². The Labute approximate surface area is 161 Å². The number of nitrogens with one attached hydrogen (secondary N) is 1. The maximum Gasteiger partial charge on any atom is 0.304 e.